The number of carbonyl (C=O) groups excluding carboxylic acids is 1. The molecule has 1 atom stereocenters. The standard InChI is InChI=1S/C18H20N2O2/c1-12-3-2-4-16(22-18(19)21)17(12)14-7-5-13(6-8-14)15-9-10-20-11-15/h2-8,15,20H,9-11H2,1H3,(H2,19,21). The minimum atomic E-state index is -0.791. The van der Waals surface area contributed by atoms with Gasteiger partial charge < -0.3 is 15.8 Å². The van der Waals surface area contributed by atoms with Crippen molar-refractivity contribution in [3.05, 3.63) is 53.6 Å². The number of hydrogen-bond acceptors (Lipinski definition) is 3. The first-order valence-electron chi connectivity index (χ1n) is 7.53. The highest BCUT2D eigenvalue weighted by atomic mass is 16.5. The third kappa shape index (κ3) is 2.97. The topological polar surface area (TPSA) is 64.3 Å². The van der Waals surface area contributed by atoms with Gasteiger partial charge in [-0.1, -0.05) is 36.4 Å². The van der Waals surface area contributed by atoms with Crippen molar-refractivity contribution < 1.29 is 9.53 Å². The van der Waals surface area contributed by atoms with Crippen molar-refractivity contribution in [1.82, 2.24) is 5.32 Å². The second kappa shape index (κ2) is 6.20. The van der Waals surface area contributed by atoms with Crippen molar-refractivity contribution in [3.8, 4) is 16.9 Å². The third-order valence-corrected chi connectivity index (χ3v) is 4.18. The first-order valence-corrected chi connectivity index (χ1v) is 7.53. The predicted molar refractivity (Wildman–Crippen MR) is 87.1 cm³/mol. The van der Waals surface area contributed by atoms with Crippen LogP contribution in [0, 0.1) is 6.92 Å². The molecular weight excluding hydrogens is 276 g/mol. The van der Waals surface area contributed by atoms with E-state index in [0.717, 1.165) is 29.8 Å². The van der Waals surface area contributed by atoms with Crippen LogP contribution >= 0.6 is 0 Å². The molecular formula is C18H20N2O2. The Balaban J connectivity index is 1.95. The Morgan fingerprint density at radius 2 is 2.00 bits per heavy atom. The normalized spacial score (nSPS) is 17.4. The number of ether oxygens (including phenoxy) is 1. The molecule has 4 heteroatoms. The molecule has 22 heavy (non-hydrogen) atoms. The minimum Gasteiger partial charge on any atom is -0.410 e. The van der Waals surface area contributed by atoms with Gasteiger partial charge in [0.1, 0.15) is 5.75 Å². The molecule has 1 heterocycles. The number of hydrogen-bond donors (Lipinski definition) is 2. The lowest BCUT2D eigenvalue weighted by atomic mass is 9.94. The van der Waals surface area contributed by atoms with Gasteiger partial charge in [-0.25, -0.2) is 4.79 Å². The monoisotopic (exact) mass is 296 g/mol. The van der Waals surface area contributed by atoms with Crippen molar-refractivity contribution in [2.45, 2.75) is 19.3 Å². The van der Waals surface area contributed by atoms with Gasteiger partial charge in [0.05, 0.1) is 0 Å². The SMILES string of the molecule is Cc1cccc(OC(N)=O)c1-c1ccc(C2CCNC2)cc1. The van der Waals surface area contributed by atoms with Crippen molar-refractivity contribution >= 4 is 6.09 Å². The number of nitrogens with one attached hydrogen (secondary N) is 1. The summed E-state index contributed by atoms with van der Waals surface area (Å²) in [5.41, 5.74) is 9.50. The Hall–Kier alpha value is -2.33. The number of amides is 1. The highest BCUT2D eigenvalue weighted by Crippen LogP contribution is 2.34. The molecule has 3 N–H and O–H groups in total. The summed E-state index contributed by atoms with van der Waals surface area (Å²) in [5, 5.41) is 3.39. The summed E-state index contributed by atoms with van der Waals surface area (Å²) in [6.07, 6.45) is 0.389. The lowest BCUT2D eigenvalue weighted by Crippen LogP contribution is -2.16. The van der Waals surface area contributed by atoms with Crippen molar-refractivity contribution in [1.29, 1.82) is 0 Å². The Morgan fingerprint density at radius 3 is 2.64 bits per heavy atom. The number of aryl methyl sites for hydroxylation is 1. The Morgan fingerprint density at radius 1 is 1.23 bits per heavy atom. The molecule has 0 spiro atoms. The number of rotatable bonds is 3. The Labute approximate surface area is 130 Å². The Bertz CT molecular complexity index is 674. The van der Waals surface area contributed by atoms with Crippen LogP contribution in [0.5, 0.6) is 5.75 Å². The average molecular weight is 296 g/mol. The molecule has 1 saturated heterocycles. The van der Waals surface area contributed by atoms with E-state index in [1.165, 1.54) is 12.0 Å². The van der Waals surface area contributed by atoms with E-state index in [1.807, 2.05) is 19.1 Å². The van der Waals surface area contributed by atoms with E-state index in [9.17, 15) is 4.79 Å². The fourth-order valence-electron chi connectivity index (χ4n) is 3.07. The summed E-state index contributed by atoms with van der Waals surface area (Å²) in [6, 6.07) is 14.1. The van der Waals surface area contributed by atoms with Gasteiger partial charge in [0.15, 0.2) is 0 Å². The summed E-state index contributed by atoms with van der Waals surface area (Å²) >= 11 is 0. The second-order valence-electron chi connectivity index (χ2n) is 5.68. The molecule has 0 saturated carbocycles. The molecule has 0 aromatic heterocycles. The molecule has 4 nitrogen and oxygen atoms in total. The van der Waals surface area contributed by atoms with Crippen LogP contribution < -0.4 is 15.8 Å². The molecule has 3 rings (SSSR count). The maximum Gasteiger partial charge on any atom is 0.409 e. The molecule has 1 aliphatic heterocycles. The van der Waals surface area contributed by atoms with E-state index in [1.54, 1.807) is 6.07 Å². The largest absolute Gasteiger partial charge is 0.410 e. The molecule has 0 aliphatic carbocycles. The molecule has 1 aliphatic rings. The van der Waals surface area contributed by atoms with Crippen LogP contribution in [-0.2, 0) is 0 Å². The van der Waals surface area contributed by atoms with E-state index in [4.69, 9.17) is 10.5 Å². The molecule has 0 bridgehead atoms. The quantitative estimate of drug-likeness (QED) is 0.914. The second-order valence-corrected chi connectivity index (χ2v) is 5.68. The fraction of sp³-hybridized carbons (Fsp3) is 0.278. The average Bonchev–Trinajstić information content (AvgIpc) is 3.01. The van der Waals surface area contributed by atoms with Crippen LogP contribution in [0.1, 0.15) is 23.5 Å². The maximum absolute atomic E-state index is 11.1. The summed E-state index contributed by atoms with van der Waals surface area (Å²) in [7, 11) is 0. The molecule has 1 unspecified atom stereocenters. The summed E-state index contributed by atoms with van der Waals surface area (Å²) in [5.74, 6) is 1.09. The van der Waals surface area contributed by atoms with Crippen molar-refractivity contribution in [2.24, 2.45) is 5.73 Å². The van der Waals surface area contributed by atoms with Gasteiger partial charge >= 0.3 is 6.09 Å². The van der Waals surface area contributed by atoms with Crippen LogP contribution in [0.4, 0.5) is 4.79 Å². The maximum atomic E-state index is 11.1. The molecule has 1 fully saturated rings. The van der Waals surface area contributed by atoms with Gasteiger partial charge in [-0.2, -0.15) is 0 Å². The number of carbonyl (C=O) groups is 1. The third-order valence-electron chi connectivity index (χ3n) is 4.18. The van der Waals surface area contributed by atoms with E-state index in [2.05, 4.69) is 29.6 Å². The van der Waals surface area contributed by atoms with Crippen molar-refractivity contribution in [2.75, 3.05) is 13.1 Å². The van der Waals surface area contributed by atoms with Crippen LogP contribution in [0.25, 0.3) is 11.1 Å². The highest BCUT2D eigenvalue weighted by Gasteiger charge is 2.17. The first-order chi connectivity index (χ1) is 10.6. The van der Waals surface area contributed by atoms with Gasteiger partial charge in [0.25, 0.3) is 0 Å². The van der Waals surface area contributed by atoms with Crippen LogP contribution in [0.2, 0.25) is 0 Å². The van der Waals surface area contributed by atoms with Gasteiger partial charge in [0.2, 0.25) is 0 Å². The van der Waals surface area contributed by atoms with E-state index >= 15 is 0 Å². The zero-order chi connectivity index (χ0) is 15.5. The number of nitrogens with two attached hydrogens (primary N) is 1. The minimum absolute atomic E-state index is 0.503. The van der Waals surface area contributed by atoms with E-state index in [0.29, 0.717) is 11.7 Å². The lowest BCUT2D eigenvalue weighted by Gasteiger charge is -2.14. The Kier molecular flexibility index (Phi) is 4.11. The van der Waals surface area contributed by atoms with Crippen LogP contribution in [-0.4, -0.2) is 19.2 Å². The molecule has 1 amide bonds. The van der Waals surface area contributed by atoms with E-state index < -0.39 is 6.09 Å². The predicted octanol–water partition coefficient (Wildman–Crippen LogP) is 3.20. The van der Waals surface area contributed by atoms with E-state index in [-0.39, 0.29) is 0 Å². The van der Waals surface area contributed by atoms with Gasteiger partial charge in [-0.05, 0) is 48.6 Å². The van der Waals surface area contributed by atoms with Gasteiger partial charge in [-0.3, -0.25) is 0 Å². The summed E-state index contributed by atoms with van der Waals surface area (Å²) in [4.78, 5) is 11.1. The highest BCUT2D eigenvalue weighted by molar-refractivity contribution is 5.78. The van der Waals surface area contributed by atoms with Crippen LogP contribution in [0.15, 0.2) is 42.5 Å². The first kappa shape index (κ1) is 14.6. The van der Waals surface area contributed by atoms with Crippen LogP contribution in [0.3, 0.4) is 0 Å². The smallest absolute Gasteiger partial charge is 0.409 e. The summed E-state index contributed by atoms with van der Waals surface area (Å²) in [6.45, 7) is 4.12. The molecule has 2 aromatic carbocycles. The zero-order valence-electron chi connectivity index (χ0n) is 12.6. The fourth-order valence-corrected chi connectivity index (χ4v) is 3.07. The summed E-state index contributed by atoms with van der Waals surface area (Å²) < 4.78 is 5.14. The van der Waals surface area contributed by atoms with Crippen molar-refractivity contribution in [3.63, 3.8) is 0 Å². The lowest BCUT2D eigenvalue weighted by molar-refractivity contribution is 0.211. The zero-order valence-corrected chi connectivity index (χ0v) is 12.6. The number of primary amides is 1. The molecule has 2 aromatic rings. The molecule has 114 valence electrons. The number of benzene rings is 2. The van der Waals surface area contributed by atoms with Gasteiger partial charge in [0, 0.05) is 12.1 Å². The van der Waals surface area contributed by atoms with Gasteiger partial charge in [-0.15, -0.1) is 0 Å². The molecule has 0 radical (unpaired) electrons.